The molecule has 0 amide bonds. The molecule has 5 nitrogen and oxygen atoms in total. The summed E-state index contributed by atoms with van der Waals surface area (Å²) in [7, 11) is 1.41. The van der Waals surface area contributed by atoms with Crippen LogP contribution < -0.4 is 0 Å². The molecule has 0 saturated carbocycles. The number of ether oxygens (including phenoxy) is 1. The number of aromatic nitrogens is 2. The lowest BCUT2D eigenvalue weighted by Gasteiger charge is -2.30. The molecule has 2 aromatic rings. The van der Waals surface area contributed by atoms with Gasteiger partial charge in [-0.2, -0.15) is 0 Å². The summed E-state index contributed by atoms with van der Waals surface area (Å²) < 4.78 is 6.85. The zero-order valence-electron chi connectivity index (χ0n) is 12.6. The topological polar surface area (TPSA) is 46.8 Å². The number of nitrogens with zero attached hydrogens (tertiary/aromatic N) is 3. The van der Waals surface area contributed by atoms with E-state index >= 15 is 0 Å². The first-order chi connectivity index (χ1) is 10.2. The highest BCUT2D eigenvalue weighted by molar-refractivity contribution is 5.88. The number of hydrogen-bond donors (Lipinski definition) is 0. The number of carbonyl (C=O) groups excluding carboxylic acids is 1. The molecule has 0 bridgehead atoms. The summed E-state index contributed by atoms with van der Waals surface area (Å²) >= 11 is 0. The fourth-order valence-electron chi connectivity index (χ4n) is 3.13. The third-order valence-electron chi connectivity index (χ3n) is 4.37. The Morgan fingerprint density at radius 2 is 2.14 bits per heavy atom. The number of hydrogen-bond acceptors (Lipinski definition) is 4. The number of methoxy groups -OCH3 is 1. The highest BCUT2D eigenvalue weighted by Gasteiger charge is 2.25. The van der Waals surface area contributed by atoms with E-state index < -0.39 is 0 Å². The highest BCUT2D eigenvalue weighted by atomic mass is 16.5. The van der Waals surface area contributed by atoms with Gasteiger partial charge in [0, 0.05) is 5.92 Å². The van der Waals surface area contributed by atoms with Gasteiger partial charge in [-0.1, -0.05) is 13.0 Å². The molecule has 0 unspecified atom stereocenters. The molecule has 3 heterocycles. The lowest BCUT2D eigenvalue weighted by molar-refractivity contribution is 0.0591. The molecule has 1 aliphatic heterocycles. The van der Waals surface area contributed by atoms with E-state index in [0.717, 1.165) is 43.8 Å². The molecule has 21 heavy (non-hydrogen) atoms. The molecule has 1 fully saturated rings. The zero-order valence-corrected chi connectivity index (χ0v) is 12.6. The normalized spacial score (nSPS) is 17.2. The number of likely N-dealkylation sites (tertiary alicyclic amines) is 1. The van der Waals surface area contributed by atoms with Gasteiger partial charge in [-0.15, -0.1) is 0 Å². The Hall–Kier alpha value is -1.88. The lowest BCUT2D eigenvalue weighted by Crippen LogP contribution is -2.33. The van der Waals surface area contributed by atoms with Gasteiger partial charge in [0.15, 0.2) is 0 Å². The Morgan fingerprint density at radius 3 is 2.81 bits per heavy atom. The van der Waals surface area contributed by atoms with E-state index in [9.17, 15) is 4.79 Å². The van der Waals surface area contributed by atoms with E-state index in [4.69, 9.17) is 4.74 Å². The van der Waals surface area contributed by atoms with Crippen molar-refractivity contribution in [2.75, 3.05) is 26.7 Å². The Bertz CT molecular complexity index is 642. The van der Waals surface area contributed by atoms with E-state index in [-0.39, 0.29) is 5.97 Å². The molecule has 3 rings (SSSR count). The zero-order chi connectivity index (χ0) is 14.8. The quantitative estimate of drug-likeness (QED) is 0.813. The molecule has 0 spiro atoms. The van der Waals surface area contributed by atoms with Crippen LogP contribution in [0.3, 0.4) is 0 Å². The van der Waals surface area contributed by atoms with Crippen molar-refractivity contribution in [1.82, 2.24) is 14.3 Å². The smallest absolute Gasteiger partial charge is 0.355 e. The van der Waals surface area contributed by atoms with Crippen molar-refractivity contribution in [2.45, 2.75) is 25.7 Å². The summed E-state index contributed by atoms with van der Waals surface area (Å²) in [5.74, 6) is 1.08. The largest absolute Gasteiger partial charge is 0.464 e. The molecule has 5 heteroatoms. The van der Waals surface area contributed by atoms with Crippen molar-refractivity contribution in [3.63, 3.8) is 0 Å². The van der Waals surface area contributed by atoms with Gasteiger partial charge in [0.05, 0.1) is 18.8 Å². The first-order valence-corrected chi connectivity index (χ1v) is 7.51. The molecule has 0 N–H and O–H groups in total. The van der Waals surface area contributed by atoms with Gasteiger partial charge in [0.2, 0.25) is 0 Å². The number of fused-ring (bicyclic) bond motifs is 1. The average Bonchev–Trinajstić information content (AvgIpc) is 2.98. The van der Waals surface area contributed by atoms with Crippen molar-refractivity contribution in [3.05, 3.63) is 35.9 Å². The minimum Gasteiger partial charge on any atom is -0.464 e. The minimum atomic E-state index is -0.314. The van der Waals surface area contributed by atoms with Gasteiger partial charge in [-0.25, -0.2) is 9.78 Å². The SMILES string of the molecule is CCN1CCC(c2ncc3cccc(C(=O)OC)n23)CC1. The summed E-state index contributed by atoms with van der Waals surface area (Å²) in [4.78, 5) is 19.0. The standard InChI is InChI=1S/C16H21N3O2/c1-3-18-9-7-12(8-10-18)15-17-11-13-5-4-6-14(19(13)15)16(20)21-2/h4-6,11-12H,3,7-10H2,1-2H3. The van der Waals surface area contributed by atoms with Crippen LogP contribution in [-0.4, -0.2) is 47.0 Å². The lowest BCUT2D eigenvalue weighted by atomic mass is 9.96. The fourth-order valence-corrected chi connectivity index (χ4v) is 3.13. The summed E-state index contributed by atoms with van der Waals surface area (Å²) in [6.07, 6.45) is 4.01. The van der Waals surface area contributed by atoms with E-state index in [2.05, 4.69) is 16.8 Å². The average molecular weight is 287 g/mol. The molecule has 0 aromatic carbocycles. The van der Waals surface area contributed by atoms with E-state index in [1.165, 1.54) is 7.11 Å². The fraction of sp³-hybridized carbons (Fsp3) is 0.500. The van der Waals surface area contributed by atoms with Crippen LogP contribution in [0.15, 0.2) is 24.4 Å². The summed E-state index contributed by atoms with van der Waals surface area (Å²) in [5, 5.41) is 0. The van der Waals surface area contributed by atoms with Crippen LogP contribution in [0, 0.1) is 0 Å². The maximum absolute atomic E-state index is 12.0. The number of rotatable bonds is 3. The van der Waals surface area contributed by atoms with Gasteiger partial charge in [-0.3, -0.25) is 4.40 Å². The van der Waals surface area contributed by atoms with Crippen molar-refractivity contribution in [1.29, 1.82) is 0 Å². The summed E-state index contributed by atoms with van der Waals surface area (Å²) in [5.41, 5.74) is 1.51. The molecule has 1 saturated heterocycles. The van der Waals surface area contributed by atoms with E-state index in [1.807, 2.05) is 22.7 Å². The summed E-state index contributed by atoms with van der Waals surface area (Å²) in [6, 6.07) is 5.64. The van der Waals surface area contributed by atoms with Crippen LogP contribution in [0.4, 0.5) is 0 Å². The maximum Gasteiger partial charge on any atom is 0.355 e. The molecule has 0 radical (unpaired) electrons. The predicted octanol–water partition coefficient (Wildman–Crippen LogP) is 2.32. The third-order valence-corrected chi connectivity index (χ3v) is 4.37. The summed E-state index contributed by atoms with van der Waals surface area (Å²) in [6.45, 7) is 5.48. The first kappa shape index (κ1) is 14.1. The molecular weight excluding hydrogens is 266 g/mol. The molecule has 112 valence electrons. The number of esters is 1. The van der Waals surface area contributed by atoms with Crippen LogP contribution in [0.2, 0.25) is 0 Å². The van der Waals surface area contributed by atoms with Crippen LogP contribution in [0.25, 0.3) is 5.52 Å². The Kier molecular flexibility index (Phi) is 3.92. The second-order valence-electron chi connectivity index (χ2n) is 5.49. The van der Waals surface area contributed by atoms with Crippen LogP contribution >= 0.6 is 0 Å². The third kappa shape index (κ3) is 2.53. The first-order valence-electron chi connectivity index (χ1n) is 7.51. The Labute approximate surface area is 124 Å². The van der Waals surface area contributed by atoms with Crippen molar-refractivity contribution in [3.8, 4) is 0 Å². The van der Waals surface area contributed by atoms with Crippen LogP contribution in [0.1, 0.15) is 42.0 Å². The number of carbonyl (C=O) groups is 1. The van der Waals surface area contributed by atoms with E-state index in [0.29, 0.717) is 11.6 Å². The van der Waals surface area contributed by atoms with Gasteiger partial charge in [0.25, 0.3) is 0 Å². The Morgan fingerprint density at radius 1 is 1.38 bits per heavy atom. The Balaban J connectivity index is 1.98. The van der Waals surface area contributed by atoms with Crippen LogP contribution in [-0.2, 0) is 4.74 Å². The second-order valence-corrected chi connectivity index (χ2v) is 5.49. The maximum atomic E-state index is 12.0. The predicted molar refractivity (Wildman–Crippen MR) is 80.6 cm³/mol. The van der Waals surface area contributed by atoms with Crippen LogP contribution in [0.5, 0.6) is 0 Å². The second kappa shape index (κ2) is 5.85. The van der Waals surface area contributed by atoms with E-state index in [1.54, 1.807) is 6.07 Å². The van der Waals surface area contributed by atoms with Crippen molar-refractivity contribution >= 4 is 11.5 Å². The molecular formula is C16H21N3O2. The van der Waals surface area contributed by atoms with Gasteiger partial charge < -0.3 is 9.64 Å². The molecule has 2 aromatic heterocycles. The highest BCUT2D eigenvalue weighted by Crippen LogP contribution is 2.28. The number of pyridine rings is 1. The van der Waals surface area contributed by atoms with Gasteiger partial charge >= 0.3 is 5.97 Å². The monoisotopic (exact) mass is 287 g/mol. The molecule has 0 atom stereocenters. The molecule has 1 aliphatic rings. The van der Waals surface area contributed by atoms with Crippen molar-refractivity contribution < 1.29 is 9.53 Å². The van der Waals surface area contributed by atoms with Crippen molar-refractivity contribution in [2.24, 2.45) is 0 Å². The minimum absolute atomic E-state index is 0.314. The number of imidazole rings is 1. The number of piperidine rings is 1. The van der Waals surface area contributed by atoms with Gasteiger partial charge in [-0.05, 0) is 44.6 Å². The van der Waals surface area contributed by atoms with Gasteiger partial charge in [0.1, 0.15) is 11.5 Å². The molecule has 0 aliphatic carbocycles.